The lowest BCUT2D eigenvalue weighted by molar-refractivity contribution is -0.897. The van der Waals surface area contributed by atoms with Crippen LogP contribution in [-0.2, 0) is 0 Å². The van der Waals surface area contributed by atoms with Crippen molar-refractivity contribution in [1.29, 1.82) is 5.26 Å². The Labute approximate surface area is 92.3 Å². The zero-order valence-corrected chi connectivity index (χ0v) is 9.74. The lowest BCUT2D eigenvalue weighted by atomic mass is 10.3. The van der Waals surface area contributed by atoms with E-state index in [0.29, 0.717) is 0 Å². The molecule has 0 aromatic heterocycles. The first-order chi connectivity index (χ1) is 7.18. The molecule has 1 fully saturated rings. The SMILES string of the molecule is CCCC[N+]1(C)CCCC1.N#CN=C=[N-]. The summed E-state index contributed by atoms with van der Waals surface area (Å²) >= 11 is 0. The molecule has 1 aliphatic heterocycles. The number of hydrogen-bond acceptors (Lipinski definition) is 2. The molecule has 0 bridgehead atoms. The Morgan fingerprint density at radius 3 is 2.33 bits per heavy atom. The lowest BCUT2D eigenvalue weighted by Crippen LogP contribution is -2.41. The molecule has 4 heteroatoms. The molecular weight excluding hydrogens is 188 g/mol. The number of quaternary nitrogens is 1. The molecule has 0 aromatic rings. The smallest absolute Gasteiger partial charge is 0.0925 e. The molecule has 0 saturated carbocycles. The van der Waals surface area contributed by atoms with Gasteiger partial charge in [-0.25, -0.2) is 0 Å². The molecule has 0 radical (unpaired) electrons. The minimum Gasteiger partial charge on any atom is -0.422 e. The van der Waals surface area contributed by atoms with Gasteiger partial charge in [0.25, 0.3) is 0 Å². The summed E-state index contributed by atoms with van der Waals surface area (Å²) in [7, 11) is 2.41. The zero-order valence-electron chi connectivity index (χ0n) is 9.74. The highest BCUT2D eigenvalue weighted by molar-refractivity contribution is 5.46. The molecule has 1 saturated heterocycles. The number of unbranched alkanes of at least 4 members (excludes halogenated alkanes) is 1. The van der Waals surface area contributed by atoms with E-state index < -0.39 is 0 Å². The molecule has 1 aliphatic rings. The third kappa shape index (κ3) is 6.84. The third-order valence-corrected chi connectivity index (χ3v) is 2.80. The van der Waals surface area contributed by atoms with E-state index in [4.69, 9.17) is 10.7 Å². The van der Waals surface area contributed by atoms with Crippen molar-refractivity contribution in [3.05, 3.63) is 5.41 Å². The van der Waals surface area contributed by atoms with Crippen LogP contribution >= 0.6 is 0 Å². The lowest BCUT2D eigenvalue weighted by Gasteiger charge is -2.28. The van der Waals surface area contributed by atoms with Gasteiger partial charge in [0.15, 0.2) is 0 Å². The molecule has 0 spiro atoms. The standard InChI is InChI=1S/C9H20N.C2N3/c1-3-4-7-10(2)8-5-6-9-10;3-1-5-2-4/h3-9H2,1-2H3;/q+1;-1. The maximum atomic E-state index is 7.43. The molecule has 84 valence electrons. The molecule has 15 heavy (non-hydrogen) atoms. The van der Waals surface area contributed by atoms with Crippen molar-refractivity contribution >= 4 is 6.01 Å². The quantitative estimate of drug-likeness (QED) is 0.398. The van der Waals surface area contributed by atoms with Crippen LogP contribution < -0.4 is 0 Å². The van der Waals surface area contributed by atoms with Crippen molar-refractivity contribution in [3.63, 3.8) is 0 Å². The van der Waals surface area contributed by atoms with Crippen molar-refractivity contribution in [2.24, 2.45) is 4.99 Å². The molecule has 0 unspecified atom stereocenters. The van der Waals surface area contributed by atoms with Crippen LogP contribution in [0.25, 0.3) is 5.41 Å². The van der Waals surface area contributed by atoms with Gasteiger partial charge in [0.05, 0.1) is 32.9 Å². The van der Waals surface area contributed by atoms with Crippen molar-refractivity contribution in [3.8, 4) is 6.19 Å². The van der Waals surface area contributed by atoms with E-state index in [1.165, 1.54) is 62.0 Å². The fraction of sp³-hybridized carbons (Fsp3) is 0.818. The zero-order chi connectivity index (χ0) is 11.6. The van der Waals surface area contributed by atoms with Crippen molar-refractivity contribution in [2.45, 2.75) is 32.6 Å². The third-order valence-electron chi connectivity index (χ3n) is 2.80. The van der Waals surface area contributed by atoms with E-state index in [9.17, 15) is 0 Å². The van der Waals surface area contributed by atoms with E-state index in [0.717, 1.165) is 0 Å². The molecule has 0 atom stereocenters. The minimum absolute atomic E-state index is 1.28. The number of nitrogens with zero attached hydrogens (tertiary/aromatic N) is 4. The fourth-order valence-corrected chi connectivity index (χ4v) is 1.88. The first-order valence-electron chi connectivity index (χ1n) is 5.50. The van der Waals surface area contributed by atoms with Crippen LogP contribution in [0.4, 0.5) is 0 Å². The van der Waals surface area contributed by atoms with Crippen LogP contribution in [0.3, 0.4) is 0 Å². The van der Waals surface area contributed by atoms with Gasteiger partial charge in [-0.1, -0.05) is 13.3 Å². The first kappa shape index (κ1) is 13.8. The summed E-state index contributed by atoms with van der Waals surface area (Å²) in [6.45, 7) is 6.55. The Kier molecular flexibility index (Phi) is 7.53. The van der Waals surface area contributed by atoms with Crippen LogP contribution in [0.5, 0.6) is 0 Å². The summed E-state index contributed by atoms with van der Waals surface area (Å²) in [4.78, 5) is 2.58. The van der Waals surface area contributed by atoms with Gasteiger partial charge in [0, 0.05) is 12.8 Å². The number of hydrogen-bond donors (Lipinski definition) is 0. The highest BCUT2D eigenvalue weighted by Gasteiger charge is 2.25. The summed E-state index contributed by atoms with van der Waals surface area (Å²) in [6, 6.07) is 1.28. The maximum Gasteiger partial charge on any atom is 0.0925 e. The van der Waals surface area contributed by atoms with Crippen molar-refractivity contribution in [1.82, 2.24) is 0 Å². The molecular formula is C11H20N4. The normalized spacial score (nSPS) is 16.9. The number of likely N-dealkylation sites (tertiary alicyclic amines) is 1. The molecule has 1 rings (SSSR count). The van der Waals surface area contributed by atoms with Crippen LogP contribution in [0.1, 0.15) is 32.6 Å². The predicted octanol–water partition coefficient (Wildman–Crippen LogP) is 2.24. The van der Waals surface area contributed by atoms with E-state index in [2.05, 4.69) is 19.0 Å². The summed E-state index contributed by atoms with van der Waals surface area (Å²) in [5.41, 5.74) is 0. The van der Waals surface area contributed by atoms with Crippen LogP contribution in [0.15, 0.2) is 4.99 Å². The highest BCUT2D eigenvalue weighted by Crippen LogP contribution is 2.16. The second-order valence-corrected chi connectivity index (χ2v) is 4.16. The van der Waals surface area contributed by atoms with Crippen LogP contribution in [-0.4, -0.2) is 37.2 Å². The Balaban J connectivity index is 0.000000336. The summed E-state index contributed by atoms with van der Waals surface area (Å²) in [5, 5.41) is 14.9. The molecule has 1 heterocycles. The monoisotopic (exact) mass is 208 g/mol. The van der Waals surface area contributed by atoms with Gasteiger partial charge in [0.2, 0.25) is 0 Å². The van der Waals surface area contributed by atoms with E-state index in [-0.39, 0.29) is 0 Å². The Morgan fingerprint density at radius 1 is 1.40 bits per heavy atom. The van der Waals surface area contributed by atoms with Gasteiger partial charge in [0.1, 0.15) is 0 Å². The molecule has 0 aromatic carbocycles. The van der Waals surface area contributed by atoms with Crippen molar-refractivity contribution in [2.75, 3.05) is 26.7 Å². The van der Waals surface area contributed by atoms with Crippen LogP contribution in [0.2, 0.25) is 0 Å². The average Bonchev–Trinajstić information content (AvgIpc) is 2.65. The molecule has 4 nitrogen and oxygen atoms in total. The largest absolute Gasteiger partial charge is 0.422 e. The minimum atomic E-state index is 1.28. The Bertz CT molecular complexity index is 242. The van der Waals surface area contributed by atoms with Gasteiger partial charge in [-0.2, -0.15) is 5.26 Å². The first-order valence-corrected chi connectivity index (χ1v) is 5.50. The van der Waals surface area contributed by atoms with Gasteiger partial charge in [-0.05, 0) is 6.42 Å². The van der Waals surface area contributed by atoms with Gasteiger partial charge in [-0.3, -0.25) is 0 Å². The maximum absolute atomic E-state index is 7.43. The number of aliphatic imine (C=N–C) groups is 1. The predicted molar refractivity (Wildman–Crippen MR) is 61.3 cm³/mol. The molecule has 0 amide bonds. The van der Waals surface area contributed by atoms with Crippen LogP contribution in [0, 0.1) is 11.5 Å². The second-order valence-electron chi connectivity index (χ2n) is 4.16. The van der Waals surface area contributed by atoms with E-state index in [1.807, 2.05) is 0 Å². The molecule has 0 N–H and O–H groups in total. The molecule has 0 aliphatic carbocycles. The Morgan fingerprint density at radius 2 is 2.00 bits per heavy atom. The number of nitriles is 1. The summed E-state index contributed by atoms with van der Waals surface area (Å²) < 4.78 is 1.36. The highest BCUT2D eigenvalue weighted by atomic mass is 15.3. The van der Waals surface area contributed by atoms with Gasteiger partial charge < -0.3 is 14.9 Å². The van der Waals surface area contributed by atoms with E-state index >= 15 is 0 Å². The number of rotatable bonds is 3. The van der Waals surface area contributed by atoms with Crippen molar-refractivity contribution < 1.29 is 4.48 Å². The Hall–Kier alpha value is -1.17. The van der Waals surface area contributed by atoms with Gasteiger partial charge in [-0.15, -0.1) is 6.01 Å². The van der Waals surface area contributed by atoms with Gasteiger partial charge >= 0.3 is 0 Å². The second kappa shape index (κ2) is 8.16. The average molecular weight is 208 g/mol. The topological polar surface area (TPSA) is 58.5 Å². The van der Waals surface area contributed by atoms with E-state index in [1.54, 1.807) is 0 Å². The summed E-state index contributed by atoms with van der Waals surface area (Å²) in [5.74, 6) is 0. The fourth-order valence-electron chi connectivity index (χ4n) is 1.88. The summed E-state index contributed by atoms with van der Waals surface area (Å²) in [6.07, 6.45) is 6.97.